The molecule has 0 aromatic heterocycles. The zero-order valence-corrected chi connectivity index (χ0v) is 13.0. The Hall–Kier alpha value is -0.220. The summed E-state index contributed by atoms with van der Waals surface area (Å²) in [6, 6.07) is 8.67. The molecule has 1 atom stereocenters. The van der Waals surface area contributed by atoms with Crippen LogP contribution < -0.4 is 5.32 Å². The van der Waals surface area contributed by atoms with E-state index in [1.807, 2.05) is 23.9 Å². The van der Waals surface area contributed by atoms with Gasteiger partial charge in [0.1, 0.15) is 0 Å². The van der Waals surface area contributed by atoms with Crippen LogP contribution in [0.5, 0.6) is 0 Å². The summed E-state index contributed by atoms with van der Waals surface area (Å²) >= 11 is 7.80. The zero-order chi connectivity index (χ0) is 13.5. The maximum absolute atomic E-state index is 5.90. The molecular weight excluding hydrogens is 278 g/mol. The van der Waals surface area contributed by atoms with Crippen LogP contribution in [-0.4, -0.2) is 32.1 Å². The van der Waals surface area contributed by atoms with Gasteiger partial charge in [0.15, 0.2) is 0 Å². The fourth-order valence-electron chi connectivity index (χ4n) is 2.38. The summed E-state index contributed by atoms with van der Waals surface area (Å²) in [5.74, 6) is 1.92. The average Bonchev–Trinajstić information content (AvgIpc) is 2.46. The van der Waals surface area contributed by atoms with Crippen molar-refractivity contribution in [2.24, 2.45) is 5.92 Å². The molecular formula is C15H22ClNOS. The van der Waals surface area contributed by atoms with Gasteiger partial charge >= 0.3 is 0 Å². The molecule has 2 nitrogen and oxygen atoms in total. The Morgan fingerprint density at radius 1 is 1.32 bits per heavy atom. The Labute approximate surface area is 125 Å². The molecule has 0 saturated carbocycles. The quantitative estimate of drug-likeness (QED) is 0.807. The minimum atomic E-state index is 0.573. The first-order chi connectivity index (χ1) is 9.28. The van der Waals surface area contributed by atoms with E-state index < -0.39 is 0 Å². The van der Waals surface area contributed by atoms with Gasteiger partial charge in [0, 0.05) is 34.9 Å². The van der Waals surface area contributed by atoms with Gasteiger partial charge in [0.25, 0.3) is 0 Å². The van der Waals surface area contributed by atoms with Gasteiger partial charge in [-0.15, -0.1) is 11.8 Å². The van der Waals surface area contributed by atoms with Crippen LogP contribution in [0.1, 0.15) is 19.3 Å². The lowest BCUT2D eigenvalue weighted by Crippen LogP contribution is -2.32. The second-order valence-electron chi connectivity index (χ2n) is 5.04. The fraction of sp³-hybridized carbons (Fsp3) is 0.600. The van der Waals surface area contributed by atoms with Crippen LogP contribution in [0.15, 0.2) is 29.2 Å². The second kappa shape index (κ2) is 8.15. The van der Waals surface area contributed by atoms with Crippen molar-refractivity contribution in [3.8, 4) is 0 Å². The smallest absolute Gasteiger partial charge is 0.0468 e. The number of thioether (sulfide) groups is 1. The standard InChI is InChI=1S/C15H22ClNOS/c1-17-14(10-12-6-8-18-9-7-12)11-19-15-4-2-13(16)3-5-15/h2-5,12,14,17H,6-11H2,1H3. The molecule has 4 heteroatoms. The first-order valence-corrected chi connectivity index (χ1v) is 8.27. The third-order valence-corrected chi connectivity index (χ3v) is 5.06. The van der Waals surface area contributed by atoms with Crippen LogP contribution in [0.25, 0.3) is 0 Å². The molecule has 1 saturated heterocycles. The molecule has 1 fully saturated rings. The molecule has 1 aliphatic heterocycles. The van der Waals surface area contributed by atoms with E-state index in [1.54, 1.807) is 0 Å². The molecule has 19 heavy (non-hydrogen) atoms. The lowest BCUT2D eigenvalue weighted by Gasteiger charge is -2.26. The van der Waals surface area contributed by atoms with Crippen molar-refractivity contribution < 1.29 is 4.74 Å². The largest absolute Gasteiger partial charge is 0.381 e. The summed E-state index contributed by atoms with van der Waals surface area (Å²) in [5, 5.41) is 4.25. The van der Waals surface area contributed by atoms with Gasteiger partial charge in [-0.25, -0.2) is 0 Å². The van der Waals surface area contributed by atoms with Gasteiger partial charge in [-0.3, -0.25) is 0 Å². The Morgan fingerprint density at radius 2 is 2.00 bits per heavy atom. The second-order valence-corrected chi connectivity index (χ2v) is 6.57. The van der Waals surface area contributed by atoms with Gasteiger partial charge < -0.3 is 10.1 Å². The topological polar surface area (TPSA) is 21.3 Å². The number of ether oxygens (including phenoxy) is 1. The van der Waals surface area contributed by atoms with Crippen LogP contribution in [-0.2, 0) is 4.74 Å². The molecule has 1 unspecified atom stereocenters. The van der Waals surface area contributed by atoms with E-state index in [1.165, 1.54) is 24.2 Å². The summed E-state index contributed by atoms with van der Waals surface area (Å²) in [6.45, 7) is 1.87. The molecule has 0 bridgehead atoms. The van der Waals surface area contributed by atoms with E-state index in [0.717, 1.165) is 29.9 Å². The third-order valence-electron chi connectivity index (χ3n) is 3.63. The molecule has 0 spiro atoms. The molecule has 1 N–H and O–H groups in total. The predicted octanol–water partition coefficient (Wildman–Crippen LogP) is 3.84. The lowest BCUT2D eigenvalue weighted by molar-refractivity contribution is 0.0616. The number of hydrogen-bond donors (Lipinski definition) is 1. The third kappa shape index (κ3) is 5.35. The molecule has 0 radical (unpaired) electrons. The summed E-state index contributed by atoms with van der Waals surface area (Å²) < 4.78 is 5.42. The molecule has 0 aliphatic carbocycles. The Bertz CT molecular complexity index is 365. The van der Waals surface area contributed by atoms with Crippen molar-refractivity contribution in [3.63, 3.8) is 0 Å². The Kier molecular flexibility index (Phi) is 6.51. The Morgan fingerprint density at radius 3 is 2.63 bits per heavy atom. The summed E-state index contributed by atoms with van der Waals surface area (Å²) in [6.07, 6.45) is 3.67. The van der Waals surface area contributed by atoms with Gasteiger partial charge in [-0.1, -0.05) is 11.6 Å². The van der Waals surface area contributed by atoms with Crippen LogP contribution in [0.4, 0.5) is 0 Å². The van der Waals surface area contributed by atoms with Gasteiger partial charge in [-0.05, 0) is 56.5 Å². The number of nitrogens with one attached hydrogen (secondary N) is 1. The first-order valence-electron chi connectivity index (χ1n) is 6.91. The number of rotatable bonds is 6. The van der Waals surface area contributed by atoms with Crippen molar-refractivity contribution in [1.82, 2.24) is 5.32 Å². The molecule has 1 aliphatic rings. The van der Waals surface area contributed by atoms with Crippen LogP contribution >= 0.6 is 23.4 Å². The Balaban J connectivity index is 1.76. The maximum atomic E-state index is 5.90. The highest BCUT2D eigenvalue weighted by Crippen LogP contribution is 2.25. The number of hydrogen-bond acceptors (Lipinski definition) is 3. The molecule has 0 amide bonds. The molecule has 2 rings (SSSR count). The van der Waals surface area contributed by atoms with Crippen LogP contribution in [0, 0.1) is 5.92 Å². The van der Waals surface area contributed by atoms with Gasteiger partial charge in [0.2, 0.25) is 0 Å². The minimum absolute atomic E-state index is 0.573. The van der Waals surface area contributed by atoms with E-state index in [9.17, 15) is 0 Å². The van der Waals surface area contributed by atoms with Crippen molar-refractivity contribution >= 4 is 23.4 Å². The average molecular weight is 300 g/mol. The van der Waals surface area contributed by atoms with Crippen LogP contribution in [0.3, 0.4) is 0 Å². The highest BCUT2D eigenvalue weighted by Gasteiger charge is 2.18. The van der Waals surface area contributed by atoms with E-state index in [4.69, 9.17) is 16.3 Å². The van der Waals surface area contributed by atoms with Gasteiger partial charge in [-0.2, -0.15) is 0 Å². The molecule has 1 aromatic carbocycles. The number of halogens is 1. The van der Waals surface area contributed by atoms with E-state index >= 15 is 0 Å². The van der Waals surface area contributed by atoms with E-state index in [2.05, 4.69) is 24.5 Å². The zero-order valence-electron chi connectivity index (χ0n) is 11.4. The maximum Gasteiger partial charge on any atom is 0.0468 e. The summed E-state index contributed by atoms with van der Waals surface area (Å²) in [4.78, 5) is 1.29. The van der Waals surface area contributed by atoms with Crippen molar-refractivity contribution in [2.75, 3.05) is 26.0 Å². The van der Waals surface area contributed by atoms with Crippen molar-refractivity contribution in [3.05, 3.63) is 29.3 Å². The molecule has 1 aromatic rings. The van der Waals surface area contributed by atoms with Crippen LogP contribution in [0.2, 0.25) is 5.02 Å². The number of benzene rings is 1. The minimum Gasteiger partial charge on any atom is -0.381 e. The highest BCUT2D eigenvalue weighted by molar-refractivity contribution is 7.99. The van der Waals surface area contributed by atoms with E-state index in [-0.39, 0.29) is 0 Å². The SMILES string of the molecule is CNC(CSc1ccc(Cl)cc1)CC1CCOCC1. The monoisotopic (exact) mass is 299 g/mol. The summed E-state index contributed by atoms with van der Waals surface area (Å²) in [7, 11) is 2.06. The fourth-order valence-corrected chi connectivity index (χ4v) is 3.53. The predicted molar refractivity (Wildman–Crippen MR) is 83.2 cm³/mol. The lowest BCUT2D eigenvalue weighted by atomic mass is 9.93. The highest BCUT2D eigenvalue weighted by atomic mass is 35.5. The van der Waals surface area contributed by atoms with E-state index in [0.29, 0.717) is 6.04 Å². The first kappa shape index (κ1) is 15.2. The summed E-state index contributed by atoms with van der Waals surface area (Å²) in [5.41, 5.74) is 0. The van der Waals surface area contributed by atoms with Crippen molar-refractivity contribution in [2.45, 2.75) is 30.2 Å². The normalized spacial score (nSPS) is 18.4. The van der Waals surface area contributed by atoms with Gasteiger partial charge in [0.05, 0.1) is 0 Å². The molecule has 1 heterocycles. The van der Waals surface area contributed by atoms with Crippen molar-refractivity contribution in [1.29, 1.82) is 0 Å². The molecule has 106 valence electrons.